The Morgan fingerprint density at radius 3 is 2.24 bits per heavy atom. The van der Waals surface area contributed by atoms with Crippen molar-refractivity contribution < 1.29 is 9.90 Å². The first-order valence-electron chi connectivity index (χ1n) is 6.28. The molecule has 1 amide bonds. The zero-order chi connectivity index (χ0) is 13.6. The van der Waals surface area contributed by atoms with E-state index in [2.05, 4.69) is 26.1 Å². The van der Waals surface area contributed by atoms with Crippen molar-refractivity contribution in [2.75, 3.05) is 6.61 Å². The second-order valence-corrected chi connectivity index (χ2v) is 5.95. The van der Waals surface area contributed by atoms with Gasteiger partial charge in [-0.1, -0.05) is 40.2 Å². The van der Waals surface area contributed by atoms with Gasteiger partial charge >= 0.3 is 0 Å². The van der Waals surface area contributed by atoms with Crippen LogP contribution >= 0.6 is 0 Å². The van der Waals surface area contributed by atoms with E-state index in [1.807, 2.05) is 20.8 Å². The van der Waals surface area contributed by atoms with E-state index >= 15 is 0 Å². The van der Waals surface area contributed by atoms with E-state index in [-0.39, 0.29) is 24.0 Å². The Morgan fingerprint density at radius 2 is 1.88 bits per heavy atom. The highest BCUT2D eigenvalue weighted by molar-refractivity contribution is 5.88. The van der Waals surface area contributed by atoms with Crippen LogP contribution in [0.2, 0.25) is 0 Å². The predicted octanol–water partition coefficient (Wildman–Crippen LogP) is 2.50. The van der Waals surface area contributed by atoms with Crippen LogP contribution < -0.4 is 5.32 Å². The molecule has 0 aromatic carbocycles. The quantitative estimate of drug-likeness (QED) is 0.727. The highest BCUT2D eigenvalue weighted by Crippen LogP contribution is 2.23. The number of rotatable bonds is 5. The van der Waals surface area contributed by atoms with Crippen molar-refractivity contribution >= 4 is 5.91 Å². The average molecular weight is 241 g/mol. The van der Waals surface area contributed by atoms with E-state index in [1.54, 1.807) is 6.08 Å². The maximum Gasteiger partial charge on any atom is 0.244 e. The molecule has 0 bridgehead atoms. The number of allylic oxidation sites excluding steroid dienone is 1. The number of aliphatic hydroxyl groups excluding tert-OH is 1. The second-order valence-electron chi connectivity index (χ2n) is 5.95. The molecule has 0 saturated heterocycles. The van der Waals surface area contributed by atoms with Gasteiger partial charge in [-0.25, -0.2) is 0 Å². The molecule has 3 heteroatoms. The number of carbonyl (C=O) groups excluding carboxylic acids is 1. The monoisotopic (exact) mass is 241 g/mol. The molecule has 0 heterocycles. The van der Waals surface area contributed by atoms with E-state index < -0.39 is 0 Å². The Kier molecular flexibility index (Phi) is 6.46. The van der Waals surface area contributed by atoms with E-state index in [0.29, 0.717) is 12.3 Å². The first-order chi connectivity index (χ1) is 7.68. The lowest BCUT2D eigenvalue weighted by Crippen LogP contribution is -2.38. The van der Waals surface area contributed by atoms with Crippen molar-refractivity contribution in [2.24, 2.45) is 11.3 Å². The van der Waals surface area contributed by atoms with Crippen LogP contribution in [0.5, 0.6) is 0 Å². The fourth-order valence-corrected chi connectivity index (χ4v) is 1.35. The minimum Gasteiger partial charge on any atom is -0.396 e. The van der Waals surface area contributed by atoms with Crippen molar-refractivity contribution in [3.05, 3.63) is 11.6 Å². The summed E-state index contributed by atoms with van der Waals surface area (Å²) in [6, 6.07) is 0.0384. The maximum absolute atomic E-state index is 11.8. The van der Waals surface area contributed by atoms with Gasteiger partial charge in [-0.05, 0) is 24.7 Å². The highest BCUT2D eigenvalue weighted by atomic mass is 16.3. The molecule has 0 fully saturated rings. The summed E-state index contributed by atoms with van der Waals surface area (Å²) in [5.41, 5.74) is 1.07. The molecular formula is C14H27NO2. The van der Waals surface area contributed by atoms with Crippen LogP contribution in [-0.2, 0) is 4.79 Å². The third-order valence-corrected chi connectivity index (χ3v) is 3.10. The van der Waals surface area contributed by atoms with Crippen LogP contribution in [0.1, 0.15) is 48.0 Å². The number of carbonyl (C=O) groups is 1. The molecule has 2 N–H and O–H groups in total. The van der Waals surface area contributed by atoms with E-state index in [1.165, 1.54) is 0 Å². The van der Waals surface area contributed by atoms with Crippen LogP contribution in [0.4, 0.5) is 0 Å². The first-order valence-corrected chi connectivity index (χ1v) is 6.28. The first kappa shape index (κ1) is 16.2. The van der Waals surface area contributed by atoms with Gasteiger partial charge in [0.15, 0.2) is 0 Å². The lowest BCUT2D eigenvalue weighted by molar-refractivity contribution is -0.117. The van der Waals surface area contributed by atoms with Crippen molar-refractivity contribution in [1.29, 1.82) is 0 Å². The number of aliphatic hydroxyl groups is 1. The largest absolute Gasteiger partial charge is 0.396 e. The number of nitrogens with one attached hydrogen (secondary N) is 1. The summed E-state index contributed by atoms with van der Waals surface area (Å²) in [6.45, 7) is 12.4. The average Bonchev–Trinajstić information content (AvgIpc) is 2.15. The van der Waals surface area contributed by atoms with Gasteiger partial charge in [0, 0.05) is 18.7 Å². The molecule has 0 radical (unpaired) electrons. The molecule has 0 spiro atoms. The Bertz CT molecular complexity index is 274. The molecule has 0 aromatic rings. The molecule has 0 aromatic heterocycles. The molecule has 100 valence electrons. The molecule has 0 saturated carbocycles. The predicted molar refractivity (Wildman–Crippen MR) is 71.7 cm³/mol. The second kappa shape index (κ2) is 6.80. The van der Waals surface area contributed by atoms with Crippen molar-refractivity contribution in [3.63, 3.8) is 0 Å². The molecule has 1 atom stereocenters. The molecular weight excluding hydrogens is 214 g/mol. The fourth-order valence-electron chi connectivity index (χ4n) is 1.35. The summed E-state index contributed by atoms with van der Waals surface area (Å²) in [4.78, 5) is 11.8. The zero-order valence-electron chi connectivity index (χ0n) is 12.0. The lowest BCUT2D eigenvalue weighted by atomic mass is 9.87. The van der Waals surface area contributed by atoms with Crippen LogP contribution in [0.15, 0.2) is 11.6 Å². The summed E-state index contributed by atoms with van der Waals surface area (Å²) < 4.78 is 0. The van der Waals surface area contributed by atoms with E-state index in [9.17, 15) is 4.79 Å². The summed E-state index contributed by atoms with van der Waals surface area (Å²) in [6.07, 6.45) is 2.26. The molecule has 0 aliphatic rings. The van der Waals surface area contributed by atoms with Crippen molar-refractivity contribution in [2.45, 2.75) is 54.0 Å². The molecule has 17 heavy (non-hydrogen) atoms. The summed E-state index contributed by atoms with van der Waals surface area (Å²) in [7, 11) is 0. The molecule has 0 rings (SSSR count). The third-order valence-electron chi connectivity index (χ3n) is 3.10. The Labute approximate surface area is 105 Å². The lowest BCUT2D eigenvalue weighted by Gasteiger charge is -2.22. The molecule has 0 aliphatic carbocycles. The van der Waals surface area contributed by atoms with Gasteiger partial charge in [0.25, 0.3) is 0 Å². The van der Waals surface area contributed by atoms with E-state index in [0.717, 1.165) is 5.57 Å². The molecule has 3 nitrogen and oxygen atoms in total. The Balaban J connectivity index is 4.53. The van der Waals surface area contributed by atoms with Gasteiger partial charge in [0.1, 0.15) is 0 Å². The number of amides is 1. The van der Waals surface area contributed by atoms with E-state index in [4.69, 9.17) is 5.11 Å². The summed E-state index contributed by atoms with van der Waals surface area (Å²) in [5.74, 6) is 0.263. The smallest absolute Gasteiger partial charge is 0.244 e. The van der Waals surface area contributed by atoms with Crippen LogP contribution in [0, 0.1) is 11.3 Å². The Hall–Kier alpha value is -0.830. The minimum absolute atomic E-state index is 0.0155. The highest BCUT2D eigenvalue weighted by Gasteiger charge is 2.17. The number of hydrogen-bond acceptors (Lipinski definition) is 2. The van der Waals surface area contributed by atoms with Gasteiger partial charge in [0.05, 0.1) is 0 Å². The van der Waals surface area contributed by atoms with Gasteiger partial charge in [-0.15, -0.1) is 0 Å². The zero-order valence-corrected chi connectivity index (χ0v) is 12.0. The van der Waals surface area contributed by atoms with Crippen molar-refractivity contribution in [3.8, 4) is 0 Å². The van der Waals surface area contributed by atoms with Crippen LogP contribution in [0.25, 0.3) is 0 Å². The topological polar surface area (TPSA) is 49.3 Å². The third kappa shape index (κ3) is 6.47. The van der Waals surface area contributed by atoms with Gasteiger partial charge < -0.3 is 10.4 Å². The SMILES string of the molecule is C/C(=C/C(=O)NC(CCO)C(C)C)C(C)(C)C. The minimum atomic E-state index is -0.0652. The standard InChI is InChI=1S/C14H27NO2/c1-10(2)12(7-8-16)15-13(17)9-11(3)14(4,5)6/h9-10,12,16H,7-8H2,1-6H3,(H,15,17)/b11-9-. The molecule has 1 unspecified atom stereocenters. The van der Waals surface area contributed by atoms with Gasteiger partial charge in [0.2, 0.25) is 5.91 Å². The molecule has 0 aliphatic heterocycles. The fraction of sp³-hybridized carbons (Fsp3) is 0.786. The summed E-state index contributed by atoms with van der Waals surface area (Å²) in [5, 5.41) is 11.9. The Morgan fingerprint density at radius 1 is 1.35 bits per heavy atom. The van der Waals surface area contributed by atoms with Crippen LogP contribution in [0.3, 0.4) is 0 Å². The number of hydrogen-bond donors (Lipinski definition) is 2. The van der Waals surface area contributed by atoms with Gasteiger partial charge in [-0.3, -0.25) is 4.79 Å². The van der Waals surface area contributed by atoms with Crippen molar-refractivity contribution in [1.82, 2.24) is 5.32 Å². The summed E-state index contributed by atoms with van der Waals surface area (Å²) >= 11 is 0. The normalized spacial score (nSPS) is 14.9. The van der Waals surface area contributed by atoms with Crippen LogP contribution in [-0.4, -0.2) is 23.7 Å². The maximum atomic E-state index is 11.8. The van der Waals surface area contributed by atoms with Gasteiger partial charge in [-0.2, -0.15) is 0 Å².